The summed E-state index contributed by atoms with van der Waals surface area (Å²) in [6.07, 6.45) is 1.59. The molecule has 0 radical (unpaired) electrons. The number of nitrogens with one attached hydrogen (secondary N) is 1. The second-order valence-electron chi connectivity index (χ2n) is 5.32. The Labute approximate surface area is 125 Å². The number of hydrogen-bond acceptors (Lipinski definition) is 4. The van der Waals surface area contributed by atoms with E-state index < -0.39 is 15.6 Å². The molecule has 0 bridgehead atoms. The van der Waals surface area contributed by atoms with Crippen LogP contribution in [0.15, 0.2) is 29.2 Å². The summed E-state index contributed by atoms with van der Waals surface area (Å²) in [7, 11) is -3.65. The monoisotopic (exact) mass is 308 g/mol. The molecule has 3 N–H and O–H groups in total. The largest absolute Gasteiger partial charge is 0.380 e. The summed E-state index contributed by atoms with van der Waals surface area (Å²) in [4.78, 5) is 0.178. The molecule has 5 nitrogen and oxygen atoms in total. The van der Waals surface area contributed by atoms with Crippen molar-refractivity contribution in [3.05, 3.63) is 29.8 Å². The fourth-order valence-electron chi connectivity index (χ4n) is 2.34. The summed E-state index contributed by atoms with van der Waals surface area (Å²) >= 11 is 0. The molecular formula is C15H20N2O3S. The van der Waals surface area contributed by atoms with E-state index in [0.29, 0.717) is 18.8 Å². The Balaban J connectivity index is 2.31. The minimum Gasteiger partial charge on any atom is -0.380 e. The van der Waals surface area contributed by atoms with Crippen LogP contribution >= 0.6 is 0 Å². The minimum absolute atomic E-state index is 0.178. The third kappa shape index (κ3) is 4.05. The van der Waals surface area contributed by atoms with Crippen LogP contribution in [0.5, 0.6) is 0 Å². The van der Waals surface area contributed by atoms with E-state index >= 15 is 0 Å². The second kappa shape index (κ2) is 6.58. The summed E-state index contributed by atoms with van der Waals surface area (Å²) in [6.45, 7) is 3.10. The molecule has 0 amide bonds. The lowest BCUT2D eigenvalue weighted by Gasteiger charge is -2.33. The van der Waals surface area contributed by atoms with Gasteiger partial charge in [0.15, 0.2) is 0 Å². The van der Waals surface area contributed by atoms with Gasteiger partial charge in [-0.15, -0.1) is 0 Å². The number of ether oxygens (including phenoxy) is 1. The molecule has 1 aromatic carbocycles. The first-order valence-corrected chi connectivity index (χ1v) is 8.35. The second-order valence-corrected chi connectivity index (χ2v) is 6.98. The average Bonchev–Trinajstić information content (AvgIpc) is 2.45. The summed E-state index contributed by atoms with van der Waals surface area (Å²) in [6, 6.07) is 6.67. The van der Waals surface area contributed by atoms with Crippen LogP contribution in [0.2, 0.25) is 0 Å². The molecular weight excluding hydrogens is 288 g/mol. The van der Waals surface area contributed by atoms with Crippen LogP contribution in [0, 0.1) is 11.8 Å². The van der Waals surface area contributed by atoms with Crippen molar-refractivity contribution in [1.29, 1.82) is 0 Å². The summed E-state index contributed by atoms with van der Waals surface area (Å²) in [5, 5.41) is 0. The molecule has 0 aromatic heterocycles. The van der Waals surface area contributed by atoms with Crippen LogP contribution in [0.25, 0.3) is 0 Å². The predicted molar refractivity (Wildman–Crippen MR) is 81.2 cm³/mol. The molecule has 114 valence electrons. The maximum Gasteiger partial charge on any atom is 0.242 e. The molecule has 1 heterocycles. The SMILES string of the molecule is CC1(NS(=O)(=O)c2ccccc2C#CCN)CCCOC1. The first-order chi connectivity index (χ1) is 9.97. The van der Waals surface area contributed by atoms with Crippen molar-refractivity contribution < 1.29 is 13.2 Å². The highest BCUT2D eigenvalue weighted by atomic mass is 32.2. The van der Waals surface area contributed by atoms with Crippen molar-refractivity contribution in [3.8, 4) is 11.8 Å². The highest BCUT2D eigenvalue weighted by Crippen LogP contribution is 2.23. The van der Waals surface area contributed by atoms with Crippen molar-refractivity contribution >= 4 is 10.0 Å². The molecule has 0 aliphatic carbocycles. The van der Waals surface area contributed by atoms with Crippen LogP contribution in [0.4, 0.5) is 0 Å². The van der Waals surface area contributed by atoms with Crippen LogP contribution in [-0.2, 0) is 14.8 Å². The van der Waals surface area contributed by atoms with Gasteiger partial charge in [-0.1, -0.05) is 24.0 Å². The van der Waals surface area contributed by atoms with E-state index in [-0.39, 0.29) is 11.4 Å². The van der Waals surface area contributed by atoms with Gasteiger partial charge in [0.2, 0.25) is 10.0 Å². The van der Waals surface area contributed by atoms with Crippen molar-refractivity contribution in [1.82, 2.24) is 4.72 Å². The molecule has 1 aromatic rings. The van der Waals surface area contributed by atoms with Gasteiger partial charge in [-0.25, -0.2) is 13.1 Å². The van der Waals surface area contributed by atoms with Crippen LogP contribution in [0.1, 0.15) is 25.3 Å². The quantitative estimate of drug-likeness (QED) is 0.811. The van der Waals surface area contributed by atoms with Crippen molar-refractivity contribution in [2.24, 2.45) is 5.73 Å². The average molecular weight is 308 g/mol. The van der Waals surface area contributed by atoms with E-state index in [1.807, 2.05) is 6.92 Å². The van der Waals surface area contributed by atoms with Gasteiger partial charge in [-0.3, -0.25) is 0 Å². The van der Waals surface area contributed by atoms with Crippen molar-refractivity contribution in [2.75, 3.05) is 19.8 Å². The Morgan fingerprint density at radius 2 is 2.19 bits per heavy atom. The first kappa shape index (κ1) is 16.0. The molecule has 21 heavy (non-hydrogen) atoms. The smallest absolute Gasteiger partial charge is 0.242 e. The lowest BCUT2D eigenvalue weighted by atomic mass is 9.97. The molecule has 1 unspecified atom stereocenters. The zero-order valence-electron chi connectivity index (χ0n) is 12.1. The fourth-order valence-corrected chi connectivity index (χ4v) is 3.93. The molecule has 6 heteroatoms. The van der Waals surface area contributed by atoms with Crippen molar-refractivity contribution in [2.45, 2.75) is 30.2 Å². The molecule has 1 atom stereocenters. The Morgan fingerprint density at radius 1 is 1.43 bits per heavy atom. The Bertz CT molecular complexity index is 653. The predicted octanol–water partition coefficient (Wildman–Crippen LogP) is 0.844. The minimum atomic E-state index is -3.65. The third-order valence-corrected chi connectivity index (χ3v) is 5.02. The van der Waals surface area contributed by atoms with Gasteiger partial charge in [0.25, 0.3) is 0 Å². The third-order valence-electron chi connectivity index (χ3n) is 3.32. The fraction of sp³-hybridized carbons (Fsp3) is 0.467. The highest BCUT2D eigenvalue weighted by molar-refractivity contribution is 7.89. The van der Waals surface area contributed by atoms with Crippen molar-refractivity contribution in [3.63, 3.8) is 0 Å². The maximum absolute atomic E-state index is 12.6. The Morgan fingerprint density at radius 3 is 2.86 bits per heavy atom. The number of benzene rings is 1. The first-order valence-electron chi connectivity index (χ1n) is 6.87. The highest BCUT2D eigenvalue weighted by Gasteiger charge is 2.33. The number of nitrogens with two attached hydrogens (primary N) is 1. The van der Waals surface area contributed by atoms with E-state index in [9.17, 15) is 8.42 Å². The van der Waals surface area contributed by atoms with Gasteiger partial charge < -0.3 is 10.5 Å². The van der Waals surface area contributed by atoms with Gasteiger partial charge in [0.1, 0.15) is 0 Å². The lowest BCUT2D eigenvalue weighted by Crippen LogP contribution is -2.51. The van der Waals surface area contributed by atoms with Gasteiger partial charge in [-0.05, 0) is 31.9 Å². The summed E-state index contributed by atoms with van der Waals surface area (Å²) < 4.78 is 33.4. The molecule has 1 saturated heterocycles. The van der Waals surface area contributed by atoms with E-state index in [1.54, 1.807) is 24.3 Å². The topological polar surface area (TPSA) is 81.4 Å². The Hall–Kier alpha value is -1.39. The summed E-state index contributed by atoms with van der Waals surface area (Å²) in [5.41, 5.74) is 5.23. The zero-order chi connectivity index (χ0) is 15.3. The number of rotatable bonds is 3. The molecule has 1 aliphatic rings. The summed E-state index contributed by atoms with van der Waals surface area (Å²) in [5.74, 6) is 5.49. The van der Waals surface area contributed by atoms with E-state index in [1.165, 1.54) is 0 Å². The van der Waals surface area contributed by atoms with Crippen LogP contribution < -0.4 is 10.5 Å². The van der Waals surface area contributed by atoms with Gasteiger partial charge in [0.05, 0.1) is 23.6 Å². The van der Waals surface area contributed by atoms with Gasteiger partial charge in [0, 0.05) is 12.2 Å². The normalized spacial score (nSPS) is 22.4. The van der Waals surface area contributed by atoms with E-state index in [4.69, 9.17) is 10.5 Å². The molecule has 0 spiro atoms. The molecule has 1 fully saturated rings. The standard InChI is InChI=1S/C15H20N2O3S/c1-15(9-5-11-20-12-15)17-21(18,19)14-8-3-2-6-13(14)7-4-10-16/h2-3,6,8,17H,5,9-12,16H2,1H3. The molecule has 0 saturated carbocycles. The van der Waals surface area contributed by atoms with Crippen LogP contribution in [-0.4, -0.2) is 33.7 Å². The Kier molecular flexibility index (Phi) is 5.01. The van der Waals surface area contributed by atoms with Gasteiger partial charge >= 0.3 is 0 Å². The van der Waals surface area contributed by atoms with E-state index in [0.717, 1.165) is 12.8 Å². The maximum atomic E-state index is 12.6. The molecule has 1 aliphatic heterocycles. The number of sulfonamides is 1. The van der Waals surface area contributed by atoms with E-state index in [2.05, 4.69) is 16.6 Å². The molecule has 2 rings (SSSR count). The zero-order valence-corrected chi connectivity index (χ0v) is 12.9. The number of hydrogen-bond donors (Lipinski definition) is 2. The lowest BCUT2D eigenvalue weighted by molar-refractivity contribution is 0.0386. The van der Waals surface area contributed by atoms with Crippen LogP contribution in [0.3, 0.4) is 0 Å². The van der Waals surface area contributed by atoms with Gasteiger partial charge in [-0.2, -0.15) is 0 Å².